The molecule has 28 heavy (non-hydrogen) atoms. The zero-order chi connectivity index (χ0) is 19.7. The van der Waals surface area contributed by atoms with Gasteiger partial charge in [-0.2, -0.15) is 0 Å². The number of hydrogen-bond acceptors (Lipinski definition) is 3. The summed E-state index contributed by atoms with van der Waals surface area (Å²) in [5.41, 5.74) is 4.62. The lowest BCUT2D eigenvalue weighted by Crippen LogP contribution is -2.35. The van der Waals surface area contributed by atoms with Crippen LogP contribution in [0.15, 0.2) is 48.7 Å². The summed E-state index contributed by atoms with van der Waals surface area (Å²) in [5.74, 6) is -0.393. The molecule has 6 nitrogen and oxygen atoms in total. The van der Waals surface area contributed by atoms with Gasteiger partial charge in [0, 0.05) is 42.9 Å². The molecule has 0 fully saturated rings. The second-order valence-electron chi connectivity index (χ2n) is 6.98. The molecule has 2 heterocycles. The summed E-state index contributed by atoms with van der Waals surface area (Å²) in [7, 11) is 2.05. The summed E-state index contributed by atoms with van der Waals surface area (Å²) < 4.78 is 7.17. The Kier molecular flexibility index (Phi) is 4.77. The number of ether oxygens (including phenoxy) is 1. The van der Waals surface area contributed by atoms with Gasteiger partial charge < -0.3 is 19.5 Å². The van der Waals surface area contributed by atoms with E-state index in [0.717, 1.165) is 12.0 Å². The molecule has 3 aromatic rings. The Balaban J connectivity index is 1.53. The molecular weight excluding hydrogens is 354 g/mol. The number of nitrogens with one attached hydrogen (secondary N) is 1. The number of hydrogen-bond donors (Lipinski definition) is 1. The molecule has 0 saturated carbocycles. The van der Waals surface area contributed by atoms with E-state index in [1.807, 2.05) is 11.0 Å². The van der Waals surface area contributed by atoms with Gasteiger partial charge in [-0.05, 0) is 48.7 Å². The van der Waals surface area contributed by atoms with Crippen LogP contribution < -0.4 is 5.32 Å². The quantitative estimate of drug-likeness (QED) is 0.703. The highest BCUT2D eigenvalue weighted by Gasteiger charge is 2.22. The van der Waals surface area contributed by atoms with Gasteiger partial charge in [0.25, 0.3) is 0 Å². The van der Waals surface area contributed by atoms with E-state index < -0.39 is 5.97 Å². The molecule has 0 atom stereocenters. The van der Waals surface area contributed by atoms with E-state index >= 15 is 0 Å². The van der Waals surface area contributed by atoms with E-state index in [1.165, 1.54) is 16.5 Å². The minimum atomic E-state index is -0.393. The lowest BCUT2D eigenvalue weighted by atomic mass is 10.1. The van der Waals surface area contributed by atoms with Crippen LogP contribution in [0.25, 0.3) is 10.9 Å². The van der Waals surface area contributed by atoms with E-state index in [0.29, 0.717) is 30.9 Å². The molecule has 4 rings (SSSR count). The molecule has 1 aromatic heterocycles. The number of aryl methyl sites for hydroxylation is 1. The third-order valence-electron chi connectivity index (χ3n) is 5.10. The van der Waals surface area contributed by atoms with Gasteiger partial charge in [-0.1, -0.05) is 18.2 Å². The Morgan fingerprint density at radius 3 is 2.79 bits per heavy atom. The first-order valence-electron chi connectivity index (χ1n) is 9.45. The van der Waals surface area contributed by atoms with Crippen LogP contribution in [0, 0.1) is 0 Å². The molecule has 0 bridgehead atoms. The maximum atomic E-state index is 12.9. The Labute approximate surface area is 163 Å². The van der Waals surface area contributed by atoms with Gasteiger partial charge in [0.05, 0.1) is 12.2 Å². The maximum absolute atomic E-state index is 12.9. The lowest BCUT2D eigenvalue weighted by molar-refractivity contribution is 0.0526. The second kappa shape index (κ2) is 7.38. The average Bonchev–Trinajstić information content (AvgIpc) is 2.90. The highest BCUT2D eigenvalue weighted by molar-refractivity contribution is 5.94. The molecule has 1 aliphatic heterocycles. The number of aromatic nitrogens is 1. The highest BCUT2D eigenvalue weighted by atomic mass is 16.5. The number of amides is 2. The first kappa shape index (κ1) is 18.1. The van der Waals surface area contributed by atoms with Crippen molar-refractivity contribution in [1.82, 2.24) is 9.47 Å². The van der Waals surface area contributed by atoms with Gasteiger partial charge in [-0.15, -0.1) is 0 Å². The summed E-state index contributed by atoms with van der Waals surface area (Å²) in [6.45, 7) is 3.27. The average molecular weight is 377 g/mol. The molecule has 144 valence electrons. The largest absolute Gasteiger partial charge is 0.462 e. The summed E-state index contributed by atoms with van der Waals surface area (Å²) in [4.78, 5) is 26.6. The van der Waals surface area contributed by atoms with Gasteiger partial charge in [-0.25, -0.2) is 9.59 Å². The van der Waals surface area contributed by atoms with Crippen LogP contribution in [0.5, 0.6) is 0 Å². The Morgan fingerprint density at radius 1 is 1.14 bits per heavy atom. The molecule has 1 aliphatic rings. The van der Waals surface area contributed by atoms with Crippen LogP contribution in [0.3, 0.4) is 0 Å². The molecular formula is C22H23N3O3. The third kappa shape index (κ3) is 3.33. The van der Waals surface area contributed by atoms with Crippen molar-refractivity contribution in [2.75, 3.05) is 18.5 Å². The number of carbonyl (C=O) groups is 2. The summed E-state index contributed by atoms with van der Waals surface area (Å²) >= 11 is 0. The second-order valence-corrected chi connectivity index (χ2v) is 6.98. The Bertz CT molecular complexity index is 1050. The number of benzene rings is 2. The highest BCUT2D eigenvalue weighted by Crippen LogP contribution is 2.29. The first-order chi connectivity index (χ1) is 13.6. The molecule has 0 saturated heterocycles. The van der Waals surface area contributed by atoms with Crippen molar-refractivity contribution in [2.45, 2.75) is 19.9 Å². The van der Waals surface area contributed by atoms with Gasteiger partial charge >= 0.3 is 12.0 Å². The Morgan fingerprint density at radius 2 is 1.96 bits per heavy atom. The third-order valence-corrected chi connectivity index (χ3v) is 5.10. The van der Waals surface area contributed by atoms with Crippen molar-refractivity contribution < 1.29 is 14.3 Å². The SMILES string of the molecule is CCOC(=O)c1cccc(NC(=O)N2CCc3cn(C)c4cccc(c34)C2)c1. The van der Waals surface area contributed by atoms with Crippen LogP contribution in [-0.4, -0.2) is 34.6 Å². The van der Waals surface area contributed by atoms with Crippen molar-refractivity contribution in [3.63, 3.8) is 0 Å². The normalized spacial score (nSPS) is 13.3. The topological polar surface area (TPSA) is 63.6 Å². The minimum Gasteiger partial charge on any atom is -0.462 e. The zero-order valence-electron chi connectivity index (χ0n) is 16.1. The van der Waals surface area contributed by atoms with Crippen molar-refractivity contribution in [1.29, 1.82) is 0 Å². The van der Waals surface area contributed by atoms with Crippen molar-refractivity contribution >= 4 is 28.6 Å². The van der Waals surface area contributed by atoms with Crippen LogP contribution in [0.4, 0.5) is 10.5 Å². The van der Waals surface area contributed by atoms with E-state index in [1.54, 1.807) is 31.2 Å². The summed E-state index contributed by atoms with van der Waals surface area (Å²) in [6, 6.07) is 12.9. The number of esters is 1. The Hall–Kier alpha value is -3.28. The van der Waals surface area contributed by atoms with Crippen molar-refractivity contribution in [2.24, 2.45) is 7.05 Å². The molecule has 0 radical (unpaired) electrons. The molecule has 2 amide bonds. The predicted octanol–water partition coefficient (Wildman–Crippen LogP) is 3.95. The smallest absolute Gasteiger partial charge is 0.338 e. The maximum Gasteiger partial charge on any atom is 0.338 e. The van der Waals surface area contributed by atoms with Crippen LogP contribution in [0.2, 0.25) is 0 Å². The van der Waals surface area contributed by atoms with Gasteiger partial charge in [0.1, 0.15) is 0 Å². The fraction of sp³-hybridized carbons (Fsp3) is 0.273. The molecule has 6 heteroatoms. The molecule has 0 spiro atoms. The van der Waals surface area contributed by atoms with Crippen LogP contribution in [-0.2, 0) is 24.8 Å². The number of anilines is 1. The van der Waals surface area contributed by atoms with Gasteiger partial charge in [-0.3, -0.25) is 0 Å². The molecule has 0 unspecified atom stereocenters. The molecule has 1 N–H and O–H groups in total. The predicted molar refractivity (Wildman–Crippen MR) is 108 cm³/mol. The molecule has 2 aromatic carbocycles. The van der Waals surface area contributed by atoms with Crippen molar-refractivity contribution in [3.05, 3.63) is 65.4 Å². The standard InChI is InChI=1S/C22H23N3O3/c1-3-28-21(26)15-6-4-8-18(12-15)23-22(27)25-11-10-17-13-24(2)19-9-5-7-16(14-25)20(17)19/h4-9,12-13H,3,10-11,14H2,1-2H3,(H,23,27). The number of carbonyl (C=O) groups excluding carboxylic acids is 2. The van der Waals surface area contributed by atoms with Crippen LogP contribution in [0.1, 0.15) is 28.4 Å². The zero-order valence-corrected chi connectivity index (χ0v) is 16.1. The summed E-state index contributed by atoms with van der Waals surface area (Å²) in [6.07, 6.45) is 2.96. The van der Waals surface area contributed by atoms with E-state index in [2.05, 4.69) is 35.3 Å². The first-order valence-corrected chi connectivity index (χ1v) is 9.45. The lowest BCUT2D eigenvalue weighted by Gasteiger charge is -2.22. The number of rotatable bonds is 3. The van der Waals surface area contributed by atoms with E-state index in [9.17, 15) is 9.59 Å². The molecule has 0 aliphatic carbocycles. The summed E-state index contributed by atoms with van der Waals surface area (Å²) in [5, 5.41) is 4.17. The fourth-order valence-electron chi connectivity index (χ4n) is 3.79. The van der Waals surface area contributed by atoms with Crippen LogP contribution >= 0.6 is 0 Å². The monoisotopic (exact) mass is 377 g/mol. The van der Waals surface area contributed by atoms with E-state index in [-0.39, 0.29) is 6.03 Å². The number of urea groups is 1. The van der Waals surface area contributed by atoms with Gasteiger partial charge in [0.15, 0.2) is 0 Å². The van der Waals surface area contributed by atoms with Gasteiger partial charge in [0.2, 0.25) is 0 Å². The van der Waals surface area contributed by atoms with Crippen molar-refractivity contribution in [3.8, 4) is 0 Å². The minimum absolute atomic E-state index is 0.174. The number of nitrogens with zero attached hydrogens (tertiary/aromatic N) is 2. The fourth-order valence-corrected chi connectivity index (χ4v) is 3.79. The van der Waals surface area contributed by atoms with E-state index in [4.69, 9.17) is 4.74 Å².